The third kappa shape index (κ3) is 5.58. The van der Waals surface area contributed by atoms with Crippen molar-refractivity contribution in [2.75, 3.05) is 45.2 Å². The van der Waals surface area contributed by atoms with Crippen LogP contribution in [0.25, 0.3) is 0 Å². The first-order valence-electron chi connectivity index (χ1n) is 10.1. The molecule has 6 nitrogen and oxygen atoms in total. The summed E-state index contributed by atoms with van der Waals surface area (Å²) in [7, 11) is 4.00. The summed E-state index contributed by atoms with van der Waals surface area (Å²) < 4.78 is 5.60. The number of hydrogen-bond acceptors (Lipinski definition) is 5. The van der Waals surface area contributed by atoms with Gasteiger partial charge < -0.3 is 19.9 Å². The number of fused-ring (bicyclic) bond motifs is 1. The van der Waals surface area contributed by atoms with E-state index in [1.807, 2.05) is 33.2 Å². The lowest BCUT2D eigenvalue weighted by molar-refractivity contribution is -0.139. The minimum absolute atomic E-state index is 0.0419. The highest BCUT2D eigenvalue weighted by atomic mass is 16.5. The van der Waals surface area contributed by atoms with Crippen LogP contribution in [0.3, 0.4) is 0 Å². The highest BCUT2D eigenvalue weighted by Crippen LogP contribution is 2.40. The third-order valence-corrected chi connectivity index (χ3v) is 5.17. The molecule has 0 bridgehead atoms. The molecule has 2 rings (SSSR count). The fraction of sp³-hybridized carbons (Fsp3) is 0.545. The molecule has 2 atom stereocenters. The molecule has 0 aliphatic carbocycles. The Bertz CT molecular complexity index is 711. The maximum atomic E-state index is 12.5. The van der Waals surface area contributed by atoms with Crippen molar-refractivity contribution in [3.8, 4) is 5.75 Å². The number of ether oxygens (including phenoxy) is 1. The van der Waals surface area contributed by atoms with E-state index in [9.17, 15) is 9.59 Å². The molecular weight excluding hydrogens is 354 g/mol. The number of nitrogens with zero attached hydrogens (tertiary/aromatic N) is 2. The first-order chi connectivity index (χ1) is 13.4. The van der Waals surface area contributed by atoms with Crippen molar-refractivity contribution in [2.45, 2.75) is 33.1 Å². The zero-order valence-electron chi connectivity index (χ0n) is 17.7. The second-order valence-corrected chi connectivity index (χ2v) is 7.44. The zero-order chi connectivity index (χ0) is 20.7. The van der Waals surface area contributed by atoms with Gasteiger partial charge in [-0.25, -0.2) is 0 Å². The van der Waals surface area contributed by atoms with Gasteiger partial charge in [-0.05, 0) is 58.6 Å². The van der Waals surface area contributed by atoms with Gasteiger partial charge in [0, 0.05) is 37.3 Å². The van der Waals surface area contributed by atoms with Crippen LogP contribution in [0.2, 0.25) is 0 Å². The van der Waals surface area contributed by atoms with E-state index in [1.165, 1.54) is 6.08 Å². The van der Waals surface area contributed by atoms with Gasteiger partial charge in [-0.15, -0.1) is 0 Å². The monoisotopic (exact) mass is 387 g/mol. The number of anilines is 1. The van der Waals surface area contributed by atoms with E-state index >= 15 is 0 Å². The van der Waals surface area contributed by atoms with Crippen molar-refractivity contribution in [3.05, 3.63) is 35.9 Å². The van der Waals surface area contributed by atoms with Gasteiger partial charge in [-0.3, -0.25) is 9.59 Å². The molecule has 2 unspecified atom stereocenters. The van der Waals surface area contributed by atoms with E-state index in [0.717, 1.165) is 37.3 Å². The SMILES string of the molecule is CCN(CC)c1ccc2c(c1)OC(=O)C(/C=C/C(=O)NCCCN(C)C)C2C. The zero-order valence-corrected chi connectivity index (χ0v) is 17.7. The Kier molecular flexibility index (Phi) is 8.05. The number of hydrogen-bond donors (Lipinski definition) is 1. The topological polar surface area (TPSA) is 61.9 Å². The molecule has 0 fully saturated rings. The quantitative estimate of drug-likeness (QED) is 0.306. The largest absolute Gasteiger partial charge is 0.426 e. The van der Waals surface area contributed by atoms with Gasteiger partial charge in [0.05, 0.1) is 5.92 Å². The Morgan fingerprint density at radius 1 is 1.25 bits per heavy atom. The van der Waals surface area contributed by atoms with Crippen LogP contribution in [-0.4, -0.2) is 57.1 Å². The second kappa shape index (κ2) is 10.3. The van der Waals surface area contributed by atoms with E-state index in [1.54, 1.807) is 6.08 Å². The number of nitrogens with one attached hydrogen (secondary N) is 1. The highest BCUT2D eigenvalue weighted by Gasteiger charge is 2.33. The predicted molar refractivity (Wildman–Crippen MR) is 113 cm³/mol. The molecule has 28 heavy (non-hydrogen) atoms. The lowest BCUT2D eigenvalue weighted by Gasteiger charge is -2.29. The molecular formula is C22H33N3O3. The summed E-state index contributed by atoms with van der Waals surface area (Å²) in [4.78, 5) is 28.8. The Morgan fingerprint density at radius 2 is 1.96 bits per heavy atom. The van der Waals surface area contributed by atoms with Gasteiger partial charge in [-0.2, -0.15) is 0 Å². The van der Waals surface area contributed by atoms with Crippen LogP contribution in [0.15, 0.2) is 30.4 Å². The van der Waals surface area contributed by atoms with Crippen molar-refractivity contribution in [1.82, 2.24) is 10.2 Å². The van der Waals surface area contributed by atoms with Crippen LogP contribution < -0.4 is 15.0 Å². The summed E-state index contributed by atoms with van der Waals surface area (Å²) in [6.07, 6.45) is 4.00. The second-order valence-electron chi connectivity index (χ2n) is 7.44. The van der Waals surface area contributed by atoms with Crippen molar-refractivity contribution >= 4 is 17.6 Å². The molecule has 0 spiro atoms. The number of carbonyl (C=O) groups is 2. The fourth-order valence-corrected chi connectivity index (χ4v) is 3.45. The average Bonchev–Trinajstić information content (AvgIpc) is 2.65. The minimum Gasteiger partial charge on any atom is -0.426 e. The standard InChI is InChI=1S/C22H33N3O3/c1-6-25(7-2)17-9-10-18-16(3)19(22(27)28-20(18)15-17)11-12-21(26)23-13-8-14-24(4)5/h9-12,15-16,19H,6-8,13-14H2,1-5H3,(H,23,26)/b12-11+. The predicted octanol–water partition coefficient (Wildman–Crippen LogP) is 2.80. The summed E-state index contributed by atoms with van der Waals surface area (Å²) in [6.45, 7) is 9.53. The van der Waals surface area contributed by atoms with Gasteiger partial charge in [0.1, 0.15) is 5.75 Å². The molecule has 0 saturated carbocycles. The molecule has 1 heterocycles. The minimum atomic E-state index is -0.459. The Hall–Kier alpha value is -2.34. The molecule has 1 amide bonds. The van der Waals surface area contributed by atoms with Crippen LogP contribution in [0, 0.1) is 5.92 Å². The first-order valence-corrected chi connectivity index (χ1v) is 10.1. The van der Waals surface area contributed by atoms with E-state index in [0.29, 0.717) is 12.3 Å². The average molecular weight is 388 g/mol. The molecule has 0 saturated heterocycles. The number of amides is 1. The number of esters is 1. The molecule has 154 valence electrons. The van der Waals surface area contributed by atoms with Crippen LogP contribution in [0.5, 0.6) is 5.75 Å². The summed E-state index contributed by atoms with van der Waals surface area (Å²) in [5.74, 6) is -0.367. The van der Waals surface area contributed by atoms with Gasteiger partial charge in [0.25, 0.3) is 0 Å². The highest BCUT2D eigenvalue weighted by molar-refractivity contribution is 5.89. The number of carbonyl (C=O) groups excluding carboxylic acids is 2. The lowest BCUT2D eigenvalue weighted by atomic mass is 9.84. The summed E-state index contributed by atoms with van der Waals surface area (Å²) in [5, 5.41) is 2.85. The number of rotatable bonds is 9. The van der Waals surface area contributed by atoms with Gasteiger partial charge >= 0.3 is 5.97 Å². The summed E-state index contributed by atoms with van der Waals surface area (Å²) in [6, 6.07) is 6.04. The van der Waals surface area contributed by atoms with Gasteiger partial charge in [0.2, 0.25) is 5.91 Å². The Balaban J connectivity index is 2.03. The molecule has 1 aromatic carbocycles. The van der Waals surface area contributed by atoms with Crippen LogP contribution in [-0.2, 0) is 9.59 Å². The van der Waals surface area contributed by atoms with E-state index in [2.05, 4.69) is 35.0 Å². The molecule has 1 aliphatic heterocycles. The van der Waals surface area contributed by atoms with Crippen molar-refractivity contribution in [1.29, 1.82) is 0 Å². The van der Waals surface area contributed by atoms with Gasteiger partial charge in [-0.1, -0.05) is 19.1 Å². The third-order valence-electron chi connectivity index (χ3n) is 5.17. The lowest BCUT2D eigenvalue weighted by Crippen LogP contribution is -2.30. The van der Waals surface area contributed by atoms with Crippen molar-refractivity contribution in [2.24, 2.45) is 5.92 Å². The molecule has 1 aromatic rings. The van der Waals surface area contributed by atoms with Crippen molar-refractivity contribution < 1.29 is 14.3 Å². The summed E-state index contributed by atoms with van der Waals surface area (Å²) in [5.41, 5.74) is 2.05. The van der Waals surface area contributed by atoms with Crippen molar-refractivity contribution in [3.63, 3.8) is 0 Å². The normalized spacial score (nSPS) is 18.9. The first kappa shape index (κ1) is 22.0. The smallest absolute Gasteiger partial charge is 0.318 e. The Labute approximate surface area is 168 Å². The van der Waals surface area contributed by atoms with E-state index in [4.69, 9.17) is 4.74 Å². The van der Waals surface area contributed by atoms with Gasteiger partial charge in [0.15, 0.2) is 0 Å². The summed E-state index contributed by atoms with van der Waals surface area (Å²) >= 11 is 0. The van der Waals surface area contributed by atoms with Crippen LogP contribution in [0.4, 0.5) is 5.69 Å². The van der Waals surface area contributed by atoms with E-state index in [-0.39, 0.29) is 17.8 Å². The fourth-order valence-electron chi connectivity index (χ4n) is 3.45. The van der Waals surface area contributed by atoms with Crippen LogP contribution in [0.1, 0.15) is 38.7 Å². The van der Waals surface area contributed by atoms with Crippen LogP contribution >= 0.6 is 0 Å². The number of benzene rings is 1. The molecule has 0 radical (unpaired) electrons. The molecule has 1 N–H and O–H groups in total. The Morgan fingerprint density at radius 3 is 2.61 bits per heavy atom. The molecule has 6 heteroatoms. The maximum Gasteiger partial charge on any atom is 0.318 e. The maximum absolute atomic E-state index is 12.5. The molecule has 1 aliphatic rings. The molecule has 0 aromatic heterocycles. The van der Waals surface area contributed by atoms with E-state index < -0.39 is 5.92 Å².